The Hall–Kier alpha value is -2.40. The summed E-state index contributed by atoms with van der Waals surface area (Å²) in [6.07, 6.45) is 0.419. The number of fused-ring (bicyclic) bond motifs is 1. The molecule has 0 aliphatic rings. The van der Waals surface area contributed by atoms with E-state index in [2.05, 4.69) is 20.5 Å². The Morgan fingerprint density at radius 1 is 1.14 bits per heavy atom. The molecule has 1 aromatic heterocycles. The number of hydrogen-bond donors (Lipinski definition) is 0. The molecule has 3 aromatic rings. The summed E-state index contributed by atoms with van der Waals surface area (Å²) >= 11 is 1.58. The Kier molecular flexibility index (Phi) is 6.35. The third-order valence-electron chi connectivity index (χ3n) is 4.12. The second-order valence-electron chi connectivity index (χ2n) is 6.13. The molecule has 8 nitrogen and oxygen atoms in total. The first-order valence-corrected chi connectivity index (χ1v) is 10.7. The van der Waals surface area contributed by atoms with Gasteiger partial charge in [-0.2, -0.15) is 0 Å². The van der Waals surface area contributed by atoms with Crippen LogP contribution in [-0.2, 0) is 21.6 Å². The van der Waals surface area contributed by atoms with Crippen molar-refractivity contribution in [1.82, 2.24) is 0 Å². The molecular formula is C18H20N4O4S2. The summed E-state index contributed by atoms with van der Waals surface area (Å²) in [6, 6.07) is 15.6. The van der Waals surface area contributed by atoms with E-state index in [-0.39, 0.29) is 6.61 Å². The van der Waals surface area contributed by atoms with Crippen LogP contribution < -0.4 is 9.47 Å². The molecule has 0 spiro atoms. The minimum absolute atomic E-state index is 0.130. The maximum Gasteiger partial charge on any atom is 0.409 e. The van der Waals surface area contributed by atoms with Gasteiger partial charge in [0, 0.05) is 19.3 Å². The van der Waals surface area contributed by atoms with Crippen LogP contribution in [0, 0.1) is 0 Å². The zero-order chi connectivity index (χ0) is 20.1. The van der Waals surface area contributed by atoms with Gasteiger partial charge < -0.3 is 9.45 Å². The van der Waals surface area contributed by atoms with Crippen molar-refractivity contribution < 1.29 is 21.7 Å². The molecule has 0 saturated carbocycles. The Morgan fingerprint density at radius 2 is 1.86 bits per heavy atom. The molecular weight excluding hydrogens is 400 g/mol. The van der Waals surface area contributed by atoms with E-state index in [1.165, 1.54) is 0 Å². The van der Waals surface area contributed by atoms with Gasteiger partial charge in [0.1, 0.15) is 11.2 Å². The monoisotopic (exact) mass is 420 g/mol. The van der Waals surface area contributed by atoms with Crippen molar-refractivity contribution in [2.24, 2.45) is 17.3 Å². The molecule has 0 unspecified atom stereocenters. The van der Waals surface area contributed by atoms with Crippen molar-refractivity contribution in [3.63, 3.8) is 0 Å². The molecule has 28 heavy (non-hydrogen) atoms. The van der Waals surface area contributed by atoms with Crippen LogP contribution in [-0.4, -0.2) is 33.2 Å². The highest BCUT2D eigenvalue weighted by Crippen LogP contribution is 2.27. The first-order valence-electron chi connectivity index (χ1n) is 8.54. The fraction of sp³-hybridized carbons (Fsp3) is 0.278. The largest absolute Gasteiger partial charge is 0.726 e. The molecule has 0 N–H and O–H groups in total. The molecule has 3 rings (SSSR count). The Morgan fingerprint density at radius 3 is 2.54 bits per heavy atom. The highest BCUT2D eigenvalue weighted by atomic mass is 32.3. The van der Waals surface area contributed by atoms with Crippen LogP contribution in [0.3, 0.4) is 0 Å². The molecule has 2 aromatic carbocycles. The number of nitrogens with zero attached hydrogens (tertiary/aromatic N) is 4. The van der Waals surface area contributed by atoms with Crippen LogP contribution in [0.25, 0.3) is 10.2 Å². The van der Waals surface area contributed by atoms with E-state index < -0.39 is 10.4 Å². The zero-order valence-electron chi connectivity index (χ0n) is 15.5. The lowest BCUT2D eigenvalue weighted by molar-refractivity contribution is -0.627. The quantitative estimate of drug-likeness (QED) is 0.183. The fourth-order valence-corrected chi connectivity index (χ4v) is 3.94. The molecule has 0 fully saturated rings. The average Bonchev–Trinajstić information content (AvgIpc) is 2.99. The van der Waals surface area contributed by atoms with Crippen LogP contribution in [0.4, 0.5) is 16.5 Å². The molecule has 1 heterocycles. The number of azo groups is 1. The number of aryl methyl sites for hydroxylation is 1. The Balaban J connectivity index is 1.60. The molecule has 0 radical (unpaired) electrons. The van der Waals surface area contributed by atoms with Gasteiger partial charge in [0.15, 0.2) is 0 Å². The highest BCUT2D eigenvalue weighted by molar-refractivity contribution is 7.80. The predicted octanol–water partition coefficient (Wildman–Crippen LogP) is 3.44. The van der Waals surface area contributed by atoms with E-state index >= 15 is 0 Å². The summed E-state index contributed by atoms with van der Waals surface area (Å²) in [4.78, 5) is 1.94. The summed E-state index contributed by atoms with van der Waals surface area (Å²) < 4.78 is 38.6. The van der Waals surface area contributed by atoms with Gasteiger partial charge in [-0.05, 0) is 59.3 Å². The fourth-order valence-electron chi connectivity index (χ4n) is 2.64. The lowest BCUT2D eigenvalue weighted by atomic mass is 10.2. The Bertz CT molecular complexity index is 1080. The van der Waals surface area contributed by atoms with Crippen LogP contribution in [0.5, 0.6) is 0 Å². The van der Waals surface area contributed by atoms with E-state index in [0.29, 0.717) is 13.0 Å². The number of para-hydroxylation sites is 1. The van der Waals surface area contributed by atoms with E-state index in [1.807, 2.05) is 66.0 Å². The maximum absolute atomic E-state index is 10.4. The Labute approximate surface area is 167 Å². The van der Waals surface area contributed by atoms with Gasteiger partial charge >= 0.3 is 5.13 Å². The van der Waals surface area contributed by atoms with Crippen molar-refractivity contribution in [3.05, 3.63) is 48.5 Å². The number of anilines is 1. The van der Waals surface area contributed by atoms with Crippen LogP contribution in [0.1, 0.15) is 6.42 Å². The van der Waals surface area contributed by atoms with Crippen LogP contribution in [0.2, 0.25) is 0 Å². The van der Waals surface area contributed by atoms with E-state index in [9.17, 15) is 13.0 Å². The standard InChI is InChI=1S/C18H20N4O4S2/c1-21(12-5-13-26-28(23,24)25)15-10-8-14(9-11-15)19-20-18-22(2)16-6-3-4-7-17(16)27-18/h3-4,6-11H,5,12-13H2,1-2H3. The van der Waals surface area contributed by atoms with Gasteiger partial charge in [-0.3, -0.25) is 4.18 Å². The molecule has 0 aliphatic heterocycles. The summed E-state index contributed by atoms with van der Waals surface area (Å²) in [6.45, 7) is 0.419. The zero-order valence-corrected chi connectivity index (χ0v) is 17.1. The topological polar surface area (TPSA) is 98.3 Å². The molecule has 148 valence electrons. The van der Waals surface area contributed by atoms with Gasteiger partial charge in [-0.25, -0.2) is 13.0 Å². The molecule has 0 saturated heterocycles. The third kappa shape index (κ3) is 5.32. The van der Waals surface area contributed by atoms with Crippen molar-refractivity contribution in [2.75, 3.05) is 25.1 Å². The van der Waals surface area contributed by atoms with E-state index in [4.69, 9.17) is 0 Å². The first kappa shape index (κ1) is 20.3. The normalized spacial score (nSPS) is 12.1. The molecule has 0 bridgehead atoms. The predicted molar refractivity (Wildman–Crippen MR) is 107 cm³/mol. The number of thiazole rings is 1. The third-order valence-corrected chi connectivity index (χ3v) is 5.68. The smallest absolute Gasteiger partial charge is 0.409 e. The van der Waals surface area contributed by atoms with Crippen molar-refractivity contribution in [2.45, 2.75) is 6.42 Å². The summed E-state index contributed by atoms with van der Waals surface area (Å²) in [7, 11) is -0.786. The van der Waals surface area contributed by atoms with Gasteiger partial charge in [0.2, 0.25) is 10.4 Å². The van der Waals surface area contributed by atoms with Crippen molar-refractivity contribution >= 4 is 48.5 Å². The molecule has 0 atom stereocenters. The van der Waals surface area contributed by atoms with Crippen molar-refractivity contribution in [1.29, 1.82) is 0 Å². The van der Waals surface area contributed by atoms with Gasteiger partial charge in [0.05, 0.1) is 23.5 Å². The average molecular weight is 421 g/mol. The number of rotatable bonds is 8. The summed E-state index contributed by atoms with van der Waals surface area (Å²) in [5.41, 5.74) is 2.79. The van der Waals surface area contributed by atoms with Crippen molar-refractivity contribution in [3.8, 4) is 0 Å². The molecule has 0 amide bonds. The minimum Gasteiger partial charge on any atom is -0.726 e. The SMILES string of the molecule is CN(CCCOS(=O)(=O)[O-])c1ccc(N=Nc2sc3ccccc3[n+]2C)cc1. The lowest BCUT2D eigenvalue weighted by Crippen LogP contribution is -2.25. The van der Waals surface area contributed by atoms with Crippen LogP contribution >= 0.6 is 11.3 Å². The molecule has 10 heteroatoms. The second kappa shape index (κ2) is 8.74. The van der Waals surface area contributed by atoms with Gasteiger partial charge in [-0.1, -0.05) is 12.1 Å². The minimum atomic E-state index is -4.63. The number of benzene rings is 2. The van der Waals surface area contributed by atoms with Crippen LogP contribution in [0.15, 0.2) is 58.8 Å². The number of hydrogen-bond acceptors (Lipinski definition) is 8. The maximum atomic E-state index is 10.4. The molecule has 0 aliphatic carbocycles. The van der Waals surface area contributed by atoms with Gasteiger partial charge in [-0.15, -0.1) is 0 Å². The van der Waals surface area contributed by atoms with E-state index in [0.717, 1.165) is 26.7 Å². The van der Waals surface area contributed by atoms with E-state index in [1.54, 1.807) is 11.3 Å². The first-order chi connectivity index (χ1) is 13.3. The summed E-state index contributed by atoms with van der Waals surface area (Å²) in [5, 5.41) is 9.49. The van der Waals surface area contributed by atoms with Gasteiger partial charge in [0.25, 0.3) is 0 Å². The highest BCUT2D eigenvalue weighted by Gasteiger charge is 2.15. The number of aromatic nitrogens is 1. The lowest BCUT2D eigenvalue weighted by Gasteiger charge is -2.19. The second-order valence-corrected chi connectivity index (χ2v) is 8.19. The summed E-state index contributed by atoms with van der Waals surface area (Å²) in [5.74, 6) is 0.